The molecule has 0 unspecified atom stereocenters. The van der Waals surface area contributed by atoms with E-state index in [1.54, 1.807) is 7.11 Å². The van der Waals surface area contributed by atoms with Gasteiger partial charge in [-0.05, 0) is 43.0 Å². The molecule has 0 atom stereocenters. The van der Waals surface area contributed by atoms with Crippen LogP contribution in [0.5, 0.6) is 0 Å². The standard InChI is InChI=1S/C16H21BrN2O/c1-20-8-2-7-19-11-12(10-18-14-4-5-14)15-9-13(17)3-6-16(15)19/h3,6,9,11,14,18H,2,4-5,7-8,10H2,1H3. The summed E-state index contributed by atoms with van der Waals surface area (Å²) in [4.78, 5) is 0. The Morgan fingerprint density at radius 2 is 2.25 bits per heavy atom. The van der Waals surface area contributed by atoms with Gasteiger partial charge in [-0.25, -0.2) is 0 Å². The summed E-state index contributed by atoms with van der Waals surface area (Å²) in [5, 5.41) is 4.96. The van der Waals surface area contributed by atoms with E-state index in [9.17, 15) is 0 Å². The molecule has 20 heavy (non-hydrogen) atoms. The molecule has 1 aliphatic carbocycles. The lowest BCUT2D eigenvalue weighted by Crippen LogP contribution is -2.14. The van der Waals surface area contributed by atoms with Crippen LogP contribution in [0.3, 0.4) is 0 Å². The molecule has 0 spiro atoms. The summed E-state index contributed by atoms with van der Waals surface area (Å²) < 4.78 is 8.65. The maximum Gasteiger partial charge on any atom is 0.0484 e. The Labute approximate surface area is 128 Å². The Kier molecular flexibility index (Phi) is 4.44. The fraction of sp³-hybridized carbons (Fsp3) is 0.500. The van der Waals surface area contributed by atoms with E-state index in [4.69, 9.17) is 4.74 Å². The largest absolute Gasteiger partial charge is 0.385 e. The minimum Gasteiger partial charge on any atom is -0.385 e. The molecular formula is C16H21BrN2O. The zero-order valence-corrected chi connectivity index (χ0v) is 13.4. The van der Waals surface area contributed by atoms with Crippen LogP contribution in [0.1, 0.15) is 24.8 Å². The third kappa shape index (κ3) is 3.25. The summed E-state index contributed by atoms with van der Waals surface area (Å²) in [6.07, 6.45) is 6.00. The average Bonchev–Trinajstić information content (AvgIpc) is 3.21. The van der Waals surface area contributed by atoms with Crippen LogP contribution >= 0.6 is 15.9 Å². The topological polar surface area (TPSA) is 26.2 Å². The molecule has 1 aliphatic rings. The van der Waals surface area contributed by atoms with Crippen molar-refractivity contribution >= 4 is 26.8 Å². The van der Waals surface area contributed by atoms with E-state index >= 15 is 0 Å². The summed E-state index contributed by atoms with van der Waals surface area (Å²) in [6, 6.07) is 7.29. The fourth-order valence-electron chi connectivity index (χ4n) is 2.59. The van der Waals surface area contributed by atoms with Crippen LogP contribution in [0, 0.1) is 0 Å². The van der Waals surface area contributed by atoms with E-state index in [0.29, 0.717) is 0 Å². The molecular weight excluding hydrogens is 316 g/mol. The second-order valence-corrected chi connectivity index (χ2v) is 6.43. The van der Waals surface area contributed by atoms with Crippen LogP contribution in [-0.4, -0.2) is 24.3 Å². The van der Waals surface area contributed by atoms with Gasteiger partial charge >= 0.3 is 0 Å². The van der Waals surface area contributed by atoms with E-state index in [1.165, 1.54) is 29.3 Å². The van der Waals surface area contributed by atoms with E-state index in [0.717, 1.165) is 36.6 Å². The number of ether oxygens (including phenoxy) is 1. The average molecular weight is 337 g/mol. The Bertz CT molecular complexity index is 589. The number of nitrogens with one attached hydrogen (secondary N) is 1. The number of aryl methyl sites for hydroxylation is 1. The molecule has 108 valence electrons. The van der Waals surface area contributed by atoms with Crippen molar-refractivity contribution in [3.63, 3.8) is 0 Å². The van der Waals surface area contributed by atoms with Gasteiger partial charge in [0, 0.05) is 54.4 Å². The third-order valence-electron chi connectivity index (χ3n) is 3.83. The molecule has 2 aromatic rings. The lowest BCUT2D eigenvalue weighted by atomic mass is 10.2. The number of fused-ring (bicyclic) bond motifs is 1. The van der Waals surface area contributed by atoms with Gasteiger partial charge in [0.25, 0.3) is 0 Å². The number of hydrogen-bond donors (Lipinski definition) is 1. The second-order valence-electron chi connectivity index (χ2n) is 5.51. The van der Waals surface area contributed by atoms with Crippen molar-refractivity contribution in [2.75, 3.05) is 13.7 Å². The highest BCUT2D eigenvalue weighted by atomic mass is 79.9. The van der Waals surface area contributed by atoms with Crippen LogP contribution in [0.4, 0.5) is 0 Å². The van der Waals surface area contributed by atoms with E-state index < -0.39 is 0 Å². The van der Waals surface area contributed by atoms with Crippen molar-refractivity contribution in [2.24, 2.45) is 0 Å². The number of rotatable bonds is 7. The van der Waals surface area contributed by atoms with Gasteiger partial charge in [0.05, 0.1) is 0 Å². The molecule has 0 aliphatic heterocycles. The van der Waals surface area contributed by atoms with Gasteiger partial charge in [0.2, 0.25) is 0 Å². The molecule has 1 fully saturated rings. The Balaban J connectivity index is 1.84. The van der Waals surface area contributed by atoms with Gasteiger partial charge in [0.15, 0.2) is 0 Å². The first-order chi connectivity index (χ1) is 9.78. The van der Waals surface area contributed by atoms with Gasteiger partial charge in [-0.3, -0.25) is 0 Å². The number of methoxy groups -OCH3 is 1. The van der Waals surface area contributed by atoms with Gasteiger partial charge in [-0.15, -0.1) is 0 Å². The Hall–Kier alpha value is -0.840. The molecule has 0 radical (unpaired) electrons. The first kappa shape index (κ1) is 14.1. The summed E-state index contributed by atoms with van der Waals surface area (Å²) in [5.41, 5.74) is 2.71. The summed E-state index contributed by atoms with van der Waals surface area (Å²) in [7, 11) is 1.76. The number of aromatic nitrogens is 1. The van der Waals surface area contributed by atoms with E-state index in [1.807, 2.05) is 0 Å². The van der Waals surface area contributed by atoms with E-state index in [2.05, 4.69) is 50.2 Å². The molecule has 1 aromatic heterocycles. The molecule has 3 nitrogen and oxygen atoms in total. The minimum atomic E-state index is 0.744. The predicted octanol–water partition coefficient (Wildman–Crippen LogP) is 3.69. The summed E-state index contributed by atoms with van der Waals surface area (Å²) in [6.45, 7) is 2.79. The predicted molar refractivity (Wildman–Crippen MR) is 86.0 cm³/mol. The molecule has 1 saturated carbocycles. The highest BCUT2D eigenvalue weighted by molar-refractivity contribution is 9.10. The number of benzene rings is 1. The number of nitrogens with zero attached hydrogens (tertiary/aromatic N) is 1. The lowest BCUT2D eigenvalue weighted by Gasteiger charge is -2.04. The molecule has 0 amide bonds. The minimum absolute atomic E-state index is 0.744. The lowest BCUT2D eigenvalue weighted by molar-refractivity contribution is 0.190. The molecule has 0 saturated heterocycles. The van der Waals surface area contributed by atoms with Gasteiger partial charge in [-0.2, -0.15) is 0 Å². The van der Waals surface area contributed by atoms with Crippen LogP contribution in [0.15, 0.2) is 28.9 Å². The SMILES string of the molecule is COCCCn1cc(CNC2CC2)c2cc(Br)ccc21. The van der Waals surface area contributed by atoms with Crippen LogP contribution in [0.2, 0.25) is 0 Å². The molecule has 0 bridgehead atoms. The van der Waals surface area contributed by atoms with Gasteiger partial charge in [0.1, 0.15) is 0 Å². The van der Waals surface area contributed by atoms with Crippen molar-refractivity contribution in [2.45, 2.75) is 38.4 Å². The Morgan fingerprint density at radius 1 is 1.40 bits per heavy atom. The van der Waals surface area contributed by atoms with Gasteiger partial charge in [-0.1, -0.05) is 15.9 Å². The highest BCUT2D eigenvalue weighted by Crippen LogP contribution is 2.27. The molecule has 1 aromatic carbocycles. The third-order valence-corrected chi connectivity index (χ3v) is 4.32. The smallest absolute Gasteiger partial charge is 0.0484 e. The van der Waals surface area contributed by atoms with Gasteiger partial charge < -0.3 is 14.6 Å². The van der Waals surface area contributed by atoms with Crippen molar-refractivity contribution < 1.29 is 4.74 Å². The van der Waals surface area contributed by atoms with Crippen molar-refractivity contribution in [1.29, 1.82) is 0 Å². The van der Waals surface area contributed by atoms with Crippen molar-refractivity contribution in [3.05, 3.63) is 34.4 Å². The van der Waals surface area contributed by atoms with Crippen LogP contribution in [0.25, 0.3) is 10.9 Å². The monoisotopic (exact) mass is 336 g/mol. The molecule has 3 rings (SSSR count). The molecule has 1 heterocycles. The maximum atomic E-state index is 5.16. The number of hydrogen-bond acceptors (Lipinski definition) is 2. The maximum absolute atomic E-state index is 5.16. The second kappa shape index (κ2) is 6.29. The van der Waals surface area contributed by atoms with Crippen molar-refractivity contribution in [1.82, 2.24) is 9.88 Å². The normalized spacial score (nSPS) is 15.1. The first-order valence-electron chi connectivity index (χ1n) is 7.27. The summed E-state index contributed by atoms with van der Waals surface area (Å²) >= 11 is 3.58. The van der Waals surface area contributed by atoms with Crippen molar-refractivity contribution in [3.8, 4) is 0 Å². The quantitative estimate of drug-likeness (QED) is 0.780. The highest BCUT2D eigenvalue weighted by Gasteiger charge is 2.20. The first-order valence-corrected chi connectivity index (χ1v) is 8.07. The zero-order chi connectivity index (χ0) is 13.9. The molecule has 1 N–H and O–H groups in total. The summed E-state index contributed by atoms with van der Waals surface area (Å²) in [5.74, 6) is 0. The molecule has 4 heteroatoms. The van der Waals surface area contributed by atoms with E-state index in [-0.39, 0.29) is 0 Å². The Morgan fingerprint density at radius 3 is 3.00 bits per heavy atom. The zero-order valence-electron chi connectivity index (χ0n) is 11.9. The fourth-order valence-corrected chi connectivity index (χ4v) is 2.95. The van der Waals surface area contributed by atoms with Crippen LogP contribution < -0.4 is 5.32 Å². The number of halogens is 1. The van der Waals surface area contributed by atoms with Crippen LogP contribution in [-0.2, 0) is 17.8 Å².